The van der Waals surface area contributed by atoms with Crippen LogP contribution in [0.2, 0.25) is 0 Å². The Morgan fingerprint density at radius 2 is 0.885 bits per heavy atom. The number of hydrogen-bond donors (Lipinski definition) is 3. The predicted octanol–water partition coefficient (Wildman–Crippen LogP) is 6.08. The molecule has 0 saturated carbocycles. The number of carboxylic acid groups (broad SMARTS) is 1. The summed E-state index contributed by atoms with van der Waals surface area (Å²) >= 11 is 0. The van der Waals surface area contributed by atoms with Gasteiger partial charge in [-0.3, -0.25) is 4.79 Å². The molecule has 0 saturated heterocycles. The van der Waals surface area contributed by atoms with Gasteiger partial charge in [0.05, 0.1) is 12.2 Å². The highest BCUT2D eigenvalue weighted by Crippen LogP contribution is 2.13. The highest BCUT2D eigenvalue weighted by atomic mass is 16.4. The molecule has 0 heterocycles. The van der Waals surface area contributed by atoms with E-state index in [1.165, 1.54) is 83.5 Å². The number of rotatable bonds is 17. The molecule has 0 aliphatic heterocycles. The highest BCUT2D eigenvalue weighted by Gasteiger charge is 2.00. The van der Waals surface area contributed by atoms with E-state index in [0.29, 0.717) is 6.42 Å². The second-order valence-electron chi connectivity index (χ2n) is 7.57. The fraction of sp³-hybridized carbons (Fsp3) is 0.955. The van der Waals surface area contributed by atoms with Gasteiger partial charge in [-0.2, -0.15) is 0 Å². The zero-order valence-corrected chi connectivity index (χ0v) is 17.7. The molecule has 0 radical (unpaired) electrons. The van der Waals surface area contributed by atoms with Gasteiger partial charge < -0.3 is 15.3 Å². The molecule has 0 aliphatic carbocycles. The number of unbranched alkanes of at least 4 members (excludes halogenated alkanes) is 14. The molecule has 0 aromatic heterocycles. The predicted molar refractivity (Wildman–Crippen MR) is 111 cm³/mol. The topological polar surface area (TPSA) is 77.8 Å². The third-order valence-electron chi connectivity index (χ3n) is 4.69. The fourth-order valence-corrected chi connectivity index (χ4v) is 2.65. The van der Waals surface area contributed by atoms with Crippen LogP contribution in [0.15, 0.2) is 0 Å². The largest absolute Gasteiger partial charge is 0.481 e. The van der Waals surface area contributed by atoms with Crippen molar-refractivity contribution in [1.29, 1.82) is 0 Å². The van der Waals surface area contributed by atoms with Gasteiger partial charge in [0.15, 0.2) is 0 Å². The summed E-state index contributed by atoms with van der Waals surface area (Å²) in [5.41, 5.74) is 0. The Labute approximate surface area is 162 Å². The van der Waals surface area contributed by atoms with Crippen LogP contribution < -0.4 is 0 Å². The maximum atomic E-state index is 10.3. The van der Waals surface area contributed by atoms with Gasteiger partial charge in [0.25, 0.3) is 0 Å². The van der Waals surface area contributed by atoms with Gasteiger partial charge in [-0.1, -0.05) is 96.8 Å². The van der Waals surface area contributed by atoms with E-state index >= 15 is 0 Å². The van der Waals surface area contributed by atoms with Crippen molar-refractivity contribution in [2.45, 2.75) is 136 Å². The third-order valence-corrected chi connectivity index (χ3v) is 4.69. The summed E-state index contributed by atoms with van der Waals surface area (Å²) in [4.78, 5) is 10.3. The second-order valence-corrected chi connectivity index (χ2v) is 7.57. The maximum Gasteiger partial charge on any atom is 0.303 e. The molecule has 0 aromatic carbocycles. The Morgan fingerprint density at radius 3 is 1.12 bits per heavy atom. The van der Waals surface area contributed by atoms with Gasteiger partial charge in [0.2, 0.25) is 0 Å². The SMILES string of the molecule is CC(O)C(C)O.CCCCCCCCCCCCCCCCCC(=O)O. The van der Waals surface area contributed by atoms with Crippen molar-refractivity contribution in [3.63, 3.8) is 0 Å². The lowest BCUT2D eigenvalue weighted by atomic mass is 10.0. The molecule has 0 bridgehead atoms. The summed E-state index contributed by atoms with van der Waals surface area (Å²) < 4.78 is 0. The van der Waals surface area contributed by atoms with Crippen molar-refractivity contribution in [2.75, 3.05) is 0 Å². The van der Waals surface area contributed by atoms with E-state index in [1.807, 2.05) is 0 Å². The highest BCUT2D eigenvalue weighted by molar-refractivity contribution is 5.66. The van der Waals surface area contributed by atoms with Crippen molar-refractivity contribution in [3.05, 3.63) is 0 Å². The minimum absolute atomic E-state index is 0.345. The minimum atomic E-state index is -0.653. The summed E-state index contributed by atoms with van der Waals surface area (Å²) in [6.07, 6.45) is 19.0. The van der Waals surface area contributed by atoms with Crippen molar-refractivity contribution in [3.8, 4) is 0 Å². The average molecular weight is 375 g/mol. The van der Waals surface area contributed by atoms with Crippen LogP contribution in [-0.4, -0.2) is 33.5 Å². The fourth-order valence-electron chi connectivity index (χ4n) is 2.65. The summed E-state index contributed by atoms with van der Waals surface area (Å²) in [5.74, 6) is -0.653. The van der Waals surface area contributed by atoms with Gasteiger partial charge in [0.1, 0.15) is 0 Å². The zero-order chi connectivity index (χ0) is 20.0. The van der Waals surface area contributed by atoms with Gasteiger partial charge in [-0.15, -0.1) is 0 Å². The van der Waals surface area contributed by atoms with Crippen molar-refractivity contribution in [2.24, 2.45) is 0 Å². The van der Waals surface area contributed by atoms with Gasteiger partial charge in [-0.05, 0) is 20.3 Å². The maximum absolute atomic E-state index is 10.3. The van der Waals surface area contributed by atoms with E-state index in [9.17, 15) is 4.79 Å². The lowest BCUT2D eigenvalue weighted by Gasteiger charge is -2.03. The Bertz CT molecular complexity index is 271. The second kappa shape index (κ2) is 22.4. The van der Waals surface area contributed by atoms with E-state index < -0.39 is 18.2 Å². The molecule has 26 heavy (non-hydrogen) atoms. The molecule has 0 fully saturated rings. The molecule has 0 aliphatic rings. The number of carboxylic acids is 1. The summed E-state index contributed by atoms with van der Waals surface area (Å²) in [6.45, 7) is 5.36. The van der Waals surface area contributed by atoms with Gasteiger partial charge in [0, 0.05) is 6.42 Å². The van der Waals surface area contributed by atoms with Crippen molar-refractivity contribution in [1.82, 2.24) is 0 Å². The van der Waals surface area contributed by atoms with Gasteiger partial charge in [-0.25, -0.2) is 0 Å². The number of aliphatic hydroxyl groups excluding tert-OH is 2. The van der Waals surface area contributed by atoms with Crippen LogP contribution in [0.5, 0.6) is 0 Å². The van der Waals surface area contributed by atoms with Crippen LogP contribution >= 0.6 is 0 Å². The van der Waals surface area contributed by atoms with Crippen LogP contribution in [0, 0.1) is 0 Å². The lowest BCUT2D eigenvalue weighted by Crippen LogP contribution is -2.17. The summed E-state index contributed by atoms with van der Waals surface area (Å²) in [6, 6.07) is 0. The number of aliphatic carboxylic acids is 1. The van der Waals surface area contributed by atoms with Gasteiger partial charge >= 0.3 is 5.97 Å². The normalized spacial score (nSPS) is 13.0. The quantitative estimate of drug-likeness (QED) is 0.270. The summed E-state index contributed by atoms with van der Waals surface area (Å²) in [7, 11) is 0. The third kappa shape index (κ3) is 28.2. The molecule has 2 unspecified atom stereocenters. The monoisotopic (exact) mass is 374 g/mol. The first kappa shape index (κ1) is 27.6. The molecule has 0 aromatic rings. The Balaban J connectivity index is 0. The van der Waals surface area contributed by atoms with Crippen molar-refractivity contribution < 1.29 is 20.1 Å². The lowest BCUT2D eigenvalue weighted by molar-refractivity contribution is -0.137. The van der Waals surface area contributed by atoms with Crippen LogP contribution in [0.1, 0.15) is 124 Å². The van der Waals surface area contributed by atoms with E-state index in [4.69, 9.17) is 15.3 Å². The molecule has 158 valence electrons. The molecule has 4 heteroatoms. The molecule has 2 atom stereocenters. The standard InChI is InChI=1S/C18H36O2.C4H10O2/c1-2-3-4-5-6-7-8-9-10-11-12-13-14-15-16-17-18(19)20;1-3(5)4(2)6/h2-17H2,1H3,(H,19,20);3-6H,1-2H3. The molecule has 3 N–H and O–H groups in total. The van der Waals surface area contributed by atoms with Crippen LogP contribution in [0.3, 0.4) is 0 Å². The first-order valence-corrected chi connectivity index (χ1v) is 11.0. The van der Waals surface area contributed by atoms with Crippen LogP contribution in [0.25, 0.3) is 0 Å². The van der Waals surface area contributed by atoms with E-state index in [2.05, 4.69) is 6.92 Å². The molecule has 0 spiro atoms. The molecule has 0 amide bonds. The van der Waals surface area contributed by atoms with Crippen LogP contribution in [-0.2, 0) is 4.79 Å². The van der Waals surface area contributed by atoms with Crippen molar-refractivity contribution >= 4 is 5.97 Å². The smallest absolute Gasteiger partial charge is 0.303 e. The first-order valence-electron chi connectivity index (χ1n) is 11.0. The van der Waals surface area contributed by atoms with E-state index in [0.717, 1.165) is 12.8 Å². The minimum Gasteiger partial charge on any atom is -0.481 e. The Kier molecular flexibility index (Phi) is 23.8. The molecule has 0 rings (SSSR count). The first-order chi connectivity index (χ1) is 12.4. The van der Waals surface area contributed by atoms with E-state index in [1.54, 1.807) is 13.8 Å². The average Bonchev–Trinajstić information content (AvgIpc) is 2.58. The molecule has 4 nitrogen and oxygen atoms in total. The molecular formula is C22H46O4. The van der Waals surface area contributed by atoms with Crippen LogP contribution in [0.4, 0.5) is 0 Å². The molecular weight excluding hydrogens is 328 g/mol. The Morgan fingerprint density at radius 1 is 0.615 bits per heavy atom. The van der Waals surface area contributed by atoms with E-state index in [-0.39, 0.29) is 0 Å². The number of carbonyl (C=O) groups is 1. The zero-order valence-electron chi connectivity index (χ0n) is 17.7. The number of hydrogen-bond acceptors (Lipinski definition) is 3. The number of aliphatic hydroxyl groups is 2. The summed E-state index contributed by atoms with van der Waals surface area (Å²) in [5, 5.41) is 25.3. The Hall–Kier alpha value is -0.610.